The van der Waals surface area contributed by atoms with Gasteiger partial charge in [-0.25, -0.2) is 9.97 Å². The largest absolute Gasteiger partial charge is 0.481 e. The Bertz CT molecular complexity index is 604. The molecule has 20 heavy (non-hydrogen) atoms. The second-order valence-electron chi connectivity index (χ2n) is 5.05. The summed E-state index contributed by atoms with van der Waals surface area (Å²) in [6.07, 6.45) is 5.79. The maximum absolute atomic E-state index is 12.3. The van der Waals surface area contributed by atoms with E-state index in [4.69, 9.17) is 11.6 Å². The predicted octanol–water partition coefficient (Wildman–Crippen LogP) is 1.59. The summed E-state index contributed by atoms with van der Waals surface area (Å²) in [6, 6.07) is 1.43. The van der Waals surface area contributed by atoms with Crippen LogP contribution in [-0.4, -0.2) is 27.0 Å². The number of aromatic nitrogens is 2. The number of fused-ring (bicyclic) bond motifs is 2. The molecule has 104 valence electrons. The number of carbonyl (C=O) groups excluding carboxylic acids is 1. The number of nitrogens with zero attached hydrogens (tertiary/aromatic N) is 2. The average molecular weight is 294 g/mol. The lowest BCUT2D eigenvalue weighted by Crippen LogP contribution is -2.36. The van der Waals surface area contributed by atoms with Crippen molar-refractivity contribution in [3.05, 3.63) is 29.7 Å². The van der Waals surface area contributed by atoms with Gasteiger partial charge < -0.3 is 10.4 Å². The van der Waals surface area contributed by atoms with Gasteiger partial charge in [0.05, 0.1) is 11.8 Å². The number of anilines is 1. The fourth-order valence-corrected chi connectivity index (χ4v) is 3.27. The Kier molecular flexibility index (Phi) is 3.17. The summed E-state index contributed by atoms with van der Waals surface area (Å²) in [5.74, 6) is -2.27. The van der Waals surface area contributed by atoms with Crippen molar-refractivity contribution in [1.82, 2.24) is 9.97 Å². The molecule has 2 N–H and O–H groups in total. The van der Waals surface area contributed by atoms with Gasteiger partial charge in [-0.15, -0.1) is 0 Å². The Labute approximate surface area is 119 Å². The normalized spacial score (nSPS) is 30.4. The highest BCUT2D eigenvalue weighted by Crippen LogP contribution is 2.48. The molecule has 7 heteroatoms. The van der Waals surface area contributed by atoms with E-state index in [9.17, 15) is 14.7 Å². The number of allylic oxidation sites excluding steroid dienone is 2. The molecule has 2 aliphatic rings. The molecule has 1 fully saturated rings. The summed E-state index contributed by atoms with van der Waals surface area (Å²) in [6.45, 7) is 0. The van der Waals surface area contributed by atoms with Crippen molar-refractivity contribution in [3.63, 3.8) is 0 Å². The van der Waals surface area contributed by atoms with Gasteiger partial charge in [-0.2, -0.15) is 0 Å². The number of carboxylic acids is 1. The molecule has 0 saturated heterocycles. The average Bonchev–Trinajstić information content (AvgIpc) is 2.98. The SMILES string of the molecule is O=C(O)[C@@H]1C2C=CC(C2)[C@@H]1C(=O)Nc1cc(Cl)ncn1. The standard InChI is InChI=1S/C13H12ClN3O3/c14-8-4-9(16-5-15-8)17-12(18)10-6-1-2-7(3-6)11(10)13(19)20/h1-2,4-7,10-11H,3H2,(H,19,20)(H,15,16,17,18)/t6?,7?,10-,11+/m0/s1. The molecule has 1 amide bonds. The maximum atomic E-state index is 12.3. The second-order valence-corrected chi connectivity index (χ2v) is 5.44. The number of amides is 1. The van der Waals surface area contributed by atoms with E-state index >= 15 is 0 Å². The number of carboxylic acid groups (broad SMARTS) is 1. The highest BCUT2D eigenvalue weighted by Gasteiger charge is 2.51. The minimum absolute atomic E-state index is 0.0154. The minimum Gasteiger partial charge on any atom is -0.481 e. The third-order valence-electron chi connectivity index (χ3n) is 3.93. The van der Waals surface area contributed by atoms with Crippen LogP contribution in [0, 0.1) is 23.7 Å². The van der Waals surface area contributed by atoms with Crippen LogP contribution in [0.5, 0.6) is 0 Å². The summed E-state index contributed by atoms with van der Waals surface area (Å²) < 4.78 is 0. The molecular formula is C13H12ClN3O3. The quantitative estimate of drug-likeness (QED) is 0.652. The van der Waals surface area contributed by atoms with Gasteiger partial charge in [0.15, 0.2) is 0 Å². The van der Waals surface area contributed by atoms with Crippen LogP contribution in [0.25, 0.3) is 0 Å². The number of nitrogens with one attached hydrogen (secondary N) is 1. The van der Waals surface area contributed by atoms with E-state index in [-0.39, 0.29) is 28.7 Å². The molecule has 1 heterocycles. The highest BCUT2D eigenvalue weighted by molar-refractivity contribution is 6.29. The van der Waals surface area contributed by atoms with Crippen molar-refractivity contribution in [3.8, 4) is 0 Å². The lowest BCUT2D eigenvalue weighted by molar-refractivity contribution is -0.146. The fraction of sp³-hybridized carbons (Fsp3) is 0.385. The zero-order chi connectivity index (χ0) is 14.3. The van der Waals surface area contributed by atoms with Gasteiger partial charge in [0.1, 0.15) is 17.3 Å². The first-order valence-electron chi connectivity index (χ1n) is 6.26. The van der Waals surface area contributed by atoms with E-state index < -0.39 is 17.8 Å². The topological polar surface area (TPSA) is 92.2 Å². The van der Waals surface area contributed by atoms with Gasteiger partial charge in [0.2, 0.25) is 5.91 Å². The minimum atomic E-state index is -0.928. The first-order valence-corrected chi connectivity index (χ1v) is 6.63. The van der Waals surface area contributed by atoms with Crippen molar-refractivity contribution in [2.24, 2.45) is 23.7 Å². The van der Waals surface area contributed by atoms with Crippen molar-refractivity contribution in [2.75, 3.05) is 5.32 Å². The van der Waals surface area contributed by atoms with Crippen LogP contribution >= 0.6 is 11.6 Å². The molecule has 0 spiro atoms. The van der Waals surface area contributed by atoms with Crippen LogP contribution in [-0.2, 0) is 9.59 Å². The smallest absolute Gasteiger partial charge is 0.307 e. The first kappa shape index (κ1) is 13.1. The zero-order valence-corrected chi connectivity index (χ0v) is 11.1. The Hall–Kier alpha value is -1.95. The third kappa shape index (κ3) is 2.16. The number of rotatable bonds is 3. The Balaban J connectivity index is 1.80. The Morgan fingerprint density at radius 3 is 2.60 bits per heavy atom. The number of halogens is 1. The van der Waals surface area contributed by atoms with E-state index in [1.807, 2.05) is 12.2 Å². The molecule has 2 aliphatic carbocycles. The van der Waals surface area contributed by atoms with Gasteiger partial charge in [-0.3, -0.25) is 9.59 Å². The van der Waals surface area contributed by atoms with E-state index in [1.165, 1.54) is 12.4 Å². The summed E-state index contributed by atoms with van der Waals surface area (Å²) in [5.41, 5.74) is 0. The predicted molar refractivity (Wildman–Crippen MR) is 71.0 cm³/mol. The van der Waals surface area contributed by atoms with Crippen molar-refractivity contribution in [2.45, 2.75) is 6.42 Å². The van der Waals surface area contributed by atoms with Gasteiger partial charge in [0, 0.05) is 6.07 Å². The number of hydrogen-bond acceptors (Lipinski definition) is 4. The summed E-state index contributed by atoms with van der Waals surface area (Å²) >= 11 is 5.72. The summed E-state index contributed by atoms with van der Waals surface area (Å²) in [7, 11) is 0. The third-order valence-corrected chi connectivity index (χ3v) is 4.14. The van der Waals surface area contributed by atoms with Crippen LogP contribution in [0.2, 0.25) is 5.15 Å². The molecule has 2 bridgehead atoms. The fourth-order valence-electron chi connectivity index (χ4n) is 3.13. The van der Waals surface area contributed by atoms with Crippen molar-refractivity contribution < 1.29 is 14.7 Å². The van der Waals surface area contributed by atoms with E-state index in [0.717, 1.165) is 6.42 Å². The summed E-state index contributed by atoms with van der Waals surface area (Å²) in [4.78, 5) is 31.3. The molecule has 1 saturated carbocycles. The van der Waals surface area contributed by atoms with Crippen LogP contribution in [0.3, 0.4) is 0 Å². The van der Waals surface area contributed by atoms with Gasteiger partial charge in [0.25, 0.3) is 0 Å². The van der Waals surface area contributed by atoms with Crippen LogP contribution < -0.4 is 5.32 Å². The molecule has 0 aromatic carbocycles. The van der Waals surface area contributed by atoms with Crippen LogP contribution in [0.4, 0.5) is 5.82 Å². The number of aliphatic carboxylic acids is 1. The lowest BCUT2D eigenvalue weighted by atomic mass is 9.82. The number of carbonyl (C=O) groups is 2. The van der Waals surface area contributed by atoms with Crippen molar-refractivity contribution in [1.29, 1.82) is 0 Å². The van der Waals surface area contributed by atoms with Crippen LogP contribution in [0.1, 0.15) is 6.42 Å². The Morgan fingerprint density at radius 2 is 1.95 bits per heavy atom. The molecule has 0 radical (unpaired) electrons. The van der Waals surface area contributed by atoms with Gasteiger partial charge in [-0.05, 0) is 18.3 Å². The monoisotopic (exact) mass is 293 g/mol. The molecule has 3 rings (SSSR count). The number of hydrogen-bond donors (Lipinski definition) is 2. The maximum Gasteiger partial charge on any atom is 0.307 e. The molecular weight excluding hydrogens is 282 g/mol. The van der Waals surface area contributed by atoms with E-state index in [0.29, 0.717) is 0 Å². The zero-order valence-electron chi connectivity index (χ0n) is 10.4. The summed E-state index contributed by atoms with van der Waals surface area (Å²) in [5, 5.41) is 12.1. The molecule has 6 nitrogen and oxygen atoms in total. The molecule has 4 atom stereocenters. The molecule has 0 aliphatic heterocycles. The van der Waals surface area contributed by atoms with E-state index in [2.05, 4.69) is 15.3 Å². The molecule has 1 aromatic heterocycles. The second kappa shape index (κ2) is 4.86. The van der Waals surface area contributed by atoms with Gasteiger partial charge >= 0.3 is 5.97 Å². The van der Waals surface area contributed by atoms with Crippen molar-refractivity contribution >= 4 is 29.3 Å². The van der Waals surface area contributed by atoms with Gasteiger partial charge in [-0.1, -0.05) is 23.8 Å². The highest BCUT2D eigenvalue weighted by atomic mass is 35.5. The molecule has 1 aromatic rings. The lowest BCUT2D eigenvalue weighted by Gasteiger charge is -2.23. The molecule has 2 unspecified atom stereocenters. The first-order chi connectivity index (χ1) is 9.56. The van der Waals surface area contributed by atoms with E-state index in [1.54, 1.807) is 0 Å². The Morgan fingerprint density at radius 1 is 1.25 bits per heavy atom. The van der Waals surface area contributed by atoms with Crippen LogP contribution in [0.15, 0.2) is 24.5 Å².